The maximum Gasteiger partial charge on any atom is 0.280 e. The van der Waals surface area contributed by atoms with E-state index in [0.29, 0.717) is 34.5 Å². The minimum Gasteiger partial charge on any atom is -0.388 e. The average Bonchev–Trinajstić information content (AvgIpc) is 3.69. The van der Waals surface area contributed by atoms with Crippen LogP contribution in [0.1, 0.15) is 88.2 Å². The number of halogens is 1. The number of nitrogens with one attached hydrogen (secondary N) is 1. The van der Waals surface area contributed by atoms with Crippen LogP contribution in [0.5, 0.6) is 0 Å². The number of aliphatic hydroxyl groups excluding tert-OH is 1. The fraction of sp³-hybridized carbons (Fsp3) is 0.457. The number of benzene rings is 2. The summed E-state index contributed by atoms with van der Waals surface area (Å²) in [5.41, 5.74) is 6.12. The molecule has 2 aliphatic rings. The van der Waals surface area contributed by atoms with Gasteiger partial charge in [0.1, 0.15) is 11.5 Å². The Bertz CT molecular complexity index is 1800. The van der Waals surface area contributed by atoms with E-state index in [1.165, 1.54) is 6.07 Å². The molecule has 0 bridgehead atoms. The minimum atomic E-state index is -1.30. The van der Waals surface area contributed by atoms with E-state index in [2.05, 4.69) is 22.5 Å². The summed E-state index contributed by atoms with van der Waals surface area (Å²) >= 11 is 0. The van der Waals surface area contributed by atoms with Gasteiger partial charge in [-0.25, -0.2) is 24.2 Å². The Kier molecular flexibility index (Phi) is 9.11. The zero-order valence-corrected chi connectivity index (χ0v) is 26.7. The molecule has 2 aromatic carbocycles. The largest absolute Gasteiger partial charge is 0.388 e. The topological polar surface area (TPSA) is 123 Å². The SMILES string of the molecule is CCCc1c(Cc2ccc(-c3ccccc3C3=NC(O)ON3)cc2F)c(=O)n(C2CCC(OC(C)C(C)(C)O)CC2)c2ccnn12. The molecule has 1 aliphatic carbocycles. The standard InChI is InChI=1S/C35H42FN5O5/c1-5-8-30-28(19-23-12-11-22(20-29(23)36)26-9-6-7-10-27(26)32-38-34(43)46-39-32)33(42)40(31-17-18-37-41(30)31)24-13-15-25(16-14-24)45-21(2)35(3,4)44/h6-7,9-12,17-18,20-21,24-25,34,43-44H,5,8,13-16,19H2,1-4H3,(H,38,39). The van der Waals surface area contributed by atoms with Crippen molar-refractivity contribution in [3.8, 4) is 11.1 Å². The second kappa shape index (κ2) is 13.1. The lowest BCUT2D eigenvalue weighted by Crippen LogP contribution is -2.40. The number of aliphatic imine (C=N–C) groups is 1. The van der Waals surface area contributed by atoms with Crippen molar-refractivity contribution in [3.05, 3.63) is 93.3 Å². The van der Waals surface area contributed by atoms with Gasteiger partial charge in [0.25, 0.3) is 12.0 Å². The van der Waals surface area contributed by atoms with E-state index in [1.807, 2.05) is 52.4 Å². The van der Waals surface area contributed by atoms with Crippen molar-refractivity contribution in [1.29, 1.82) is 0 Å². The summed E-state index contributed by atoms with van der Waals surface area (Å²) in [6.45, 7) is 7.44. The predicted octanol–water partition coefficient (Wildman–Crippen LogP) is 5.06. The number of aromatic nitrogens is 3. The van der Waals surface area contributed by atoms with Crippen LogP contribution in [0.15, 0.2) is 64.5 Å². The van der Waals surface area contributed by atoms with E-state index in [-0.39, 0.29) is 30.2 Å². The molecule has 0 amide bonds. The van der Waals surface area contributed by atoms with Crippen LogP contribution < -0.4 is 11.0 Å². The number of fused-ring (bicyclic) bond motifs is 1. The summed E-state index contributed by atoms with van der Waals surface area (Å²) in [6, 6.07) is 14.2. The van der Waals surface area contributed by atoms with Crippen molar-refractivity contribution >= 4 is 11.5 Å². The number of hydrogen-bond acceptors (Lipinski definition) is 8. The lowest BCUT2D eigenvalue weighted by molar-refractivity contribution is -0.118. The summed E-state index contributed by atoms with van der Waals surface area (Å²) in [5.74, 6) is -0.0605. The van der Waals surface area contributed by atoms with Crippen LogP contribution in [0, 0.1) is 5.82 Å². The van der Waals surface area contributed by atoms with E-state index >= 15 is 4.39 Å². The van der Waals surface area contributed by atoms with Crippen molar-refractivity contribution in [2.45, 2.75) is 103 Å². The van der Waals surface area contributed by atoms with Crippen LogP contribution in [0.2, 0.25) is 0 Å². The monoisotopic (exact) mass is 631 g/mol. The molecule has 3 heterocycles. The van der Waals surface area contributed by atoms with Gasteiger partial charge in [-0.1, -0.05) is 49.7 Å². The van der Waals surface area contributed by atoms with Gasteiger partial charge in [0, 0.05) is 29.7 Å². The summed E-state index contributed by atoms with van der Waals surface area (Å²) in [4.78, 5) is 23.4. The van der Waals surface area contributed by atoms with Crippen molar-refractivity contribution in [2.75, 3.05) is 0 Å². The second-order valence-electron chi connectivity index (χ2n) is 12.9. The molecule has 10 nitrogen and oxygen atoms in total. The molecule has 1 fully saturated rings. The fourth-order valence-corrected chi connectivity index (χ4v) is 6.49. The lowest BCUT2D eigenvalue weighted by Gasteiger charge is -2.35. The quantitative estimate of drug-likeness (QED) is 0.224. The Morgan fingerprint density at radius 3 is 2.52 bits per heavy atom. The number of ether oxygens (including phenoxy) is 1. The molecule has 11 heteroatoms. The fourth-order valence-electron chi connectivity index (χ4n) is 6.49. The Labute approximate surface area is 267 Å². The van der Waals surface area contributed by atoms with Crippen molar-refractivity contribution in [1.82, 2.24) is 19.7 Å². The van der Waals surface area contributed by atoms with Crippen molar-refractivity contribution < 1.29 is 24.2 Å². The van der Waals surface area contributed by atoms with E-state index in [4.69, 9.17) is 9.57 Å². The molecule has 2 unspecified atom stereocenters. The number of amidine groups is 1. The molecule has 6 rings (SSSR count). The highest BCUT2D eigenvalue weighted by Crippen LogP contribution is 2.33. The molecule has 0 spiro atoms. The number of hydrogen-bond donors (Lipinski definition) is 3. The smallest absolute Gasteiger partial charge is 0.280 e. The maximum atomic E-state index is 15.9. The Balaban J connectivity index is 1.32. The molecular weight excluding hydrogens is 589 g/mol. The molecule has 244 valence electrons. The first-order valence-corrected chi connectivity index (χ1v) is 16.1. The van der Waals surface area contributed by atoms with Gasteiger partial charge in [0.05, 0.1) is 29.7 Å². The zero-order chi connectivity index (χ0) is 32.6. The van der Waals surface area contributed by atoms with Crippen molar-refractivity contribution in [3.63, 3.8) is 0 Å². The number of rotatable bonds is 10. The summed E-state index contributed by atoms with van der Waals surface area (Å²) in [7, 11) is 0. The molecule has 0 radical (unpaired) electrons. The molecule has 2 aromatic heterocycles. The second-order valence-corrected chi connectivity index (χ2v) is 12.9. The first-order chi connectivity index (χ1) is 22.0. The normalized spacial score (nSPS) is 20.9. The molecule has 0 saturated heterocycles. The van der Waals surface area contributed by atoms with Crippen LogP contribution in [0.3, 0.4) is 0 Å². The molecule has 1 aliphatic heterocycles. The lowest BCUT2D eigenvalue weighted by atomic mass is 9.91. The number of aliphatic hydroxyl groups is 2. The number of hydroxylamine groups is 1. The summed E-state index contributed by atoms with van der Waals surface area (Å²) in [5, 5.41) is 24.6. The average molecular weight is 632 g/mol. The van der Waals surface area contributed by atoms with Crippen molar-refractivity contribution in [2.24, 2.45) is 4.99 Å². The molecule has 1 saturated carbocycles. The third-order valence-corrected chi connectivity index (χ3v) is 9.25. The van der Waals surface area contributed by atoms with Gasteiger partial charge in [-0.05, 0) is 75.6 Å². The molecular formula is C35H42FN5O5. The van der Waals surface area contributed by atoms with Gasteiger partial charge in [-0.2, -0.15) is 5.10 Å². The summed E-state index contributed by atoms with van der Waals surface area (Å²) < 4.78 is 25.8. The first kappa shape index (κ1) is 32.1. The van der Waals surface area contributed by atoms with Crippen LogP contribution in [-0.4, -0.2) is 54.5 Å². The van der Waals surface area contributed by atoms with Gasteiger partial charge >= 0.3 is 0 Å². The Morgan fingerprint density at radius 2 is 1.87 bits per heavy atom. The van der Waals surface area contributed by atoms with Crippen LogP contribution in [0.4, 0.5) is 4.39 Å². The predicted molar refractivity (Wildman–Crippen MR) is 173 cm³/mol. The van der Waals surface area contributed by atoms with E-state index in [1.54, 1.807) is 26.1 Å². The van der Waals surface area contributed by atoms with Gasteiger partial charge in [-0.15, -0.1) is 0 Å². The number of nitrogens with zero attached hydrogens (tertiary/aromatic N) is 4. The third kappa shape index (κ3) is 6.37. The van der Waals surface area contributed by atoms with E-state index in [9.17, 15) is 15.0 Å². The molecule has 4 aromatic rings. The first-order valence-electron chi connectivity index (χ1n) is 16.1. The highest BCUT2D eigenvalue weighted by molar-refractivity contribution is 6.04. The van der Waals surface area contributed by atoms with Crippen LogP contribution in [0.25, 0.3) is 16.8 Å². The van der Waals surface area contributed by atoms with Gasteiger partial charge < -0.3 is 14.9 Å². The highest BCUT2D eigenvalue weighted by atomic mass is 19.1. The zero-order valence-electron chi connectivity index (χ0n) is 26.7. The Morgan fingerprint density at radius 1 is 1.13 bits per heavy atom. The number of aryl methyl sites for hydroxylation is 1. The van der Waals surface area contributed by atoms with Crippen LogP contribution >= 0.6 is 0 Å². The van der Waals surface area contributed by atoms with Crippen LogP contribution in [-0.2, 0) is 22.4 Å². The maximum absolute atomic E-state index is 15.9. The van der Waals surface area contributed by atoms with E-state index < -0.39 is 17.8 Å². The molecule has 2 atom stereocenters. The van der Waals surface area contributed by atoms with Gasteiger partial charge in [-0.3, -0.25) is 9.36 Å². The summed E-state index contributed by atoms with van der Waals surface area (Å²) in [6.07, 6.45) is 4.74. The van der Waals surface area contributed by atoms with Gasteiger partial charge in [0.15, 0.2) is 5.84 Å². The molecule has 46 heavy (non-hydrogen) atoms. The molecule has 3 N–H and O–H groups in total. The minimum absolute atomic E-state index is 0.0139. The third-order valence-electron chi connectivity index (χ3n) is 9.25. The Hall–Kier alpha value is -3.90. The van der Waals surface area contributed by atoms with E-state index in [0.717, 1.165) is 49.0 Å². The highest BCUT2D eigenvalue weighted by Gasteiger charge is 2.31. The van der Waals surface area contributed by atoms with Gasteiger partial charge in [0.2, 0.25) is 0 Å².